The zero-order chi connectivity index (χ0) is 23.3. The lowest BCUT2D eigenvalue weighted by atomic mass is 9.92. The second kappa shape index (κ2) is 9.96. The number of halogens is 1. The molecule has 1 amide bonds. The van der Waals surface area contributed by atoms with Gasteiger partial charge in [-0.05, 0) is 55.3 Å². The van der Waals surface area contributed by atoms with E-state index >= 15 is 0 Å². The van der Waals surface area contributed by atoms with Gasteiger partial charge in [0.25, 0.3) is 5.91 Å². The predicted molar refractivity (Wildman–Crippen MR) is 125 cm³/mol. The van der Waals surface area contributed by atoms with Gasteiger partial charge in [-0.3, -0.25) is 4.79 Å². The minimum Gasteiger partial charge on any atom is -0.322 e. The molecular formula is C24H22ClN3O3S. The van der Waals surface area contributed by atoms with Crippen molar-refractivity contribution in [2.24, 2.45) is 0 Å². The van der Waals surface area contributed by atoms with Crippen LogP contribution in [-0.2, 0) is 10.0 Å². The highest BCUT2D eigenvalue weighted by Gasteiger charge is 2.19. The molecule has 3 aromatic rings. The number of hydrogen-bond acceptors (Lipinski definition) is 4. The number of sulfonamides is 1. The molecule has 0 spiro atoms. The second-order valence-electron chi connectivity index (χ2n) is 7.47. The summed E-state index contributed by atoms with van der Waals surface area (Å²) in [5.74, 6) is -1.01. The molecule has 0 saturated carbocycles. The number of nitriles is 1. The van der Waals surface area contributed by atoms with Crippen LogP contribution in [0.15, 0.2) is 77.7 Å². The number of hydrogen-bond donors (Lipinski definition) is 2. The Hall–Kier alpha value is -3.18. The van der Waals surface area contributed by atoms with Gasteiger partial charge in [-0.2, -0.15) is 5.26 Å². The molecule has 0 fully saturated rings. The summed E-state index contributed by atoms with van der Waals surface area (Å²) < 4.78 is 27.3. The number of anilines is 1. The monoisotopic (exact) mass is 467 g/mol. The molecule has 1 unspecified atom stereocenters. The van der Waals surface area contributed by atoms with E-state index in [9.17, 15) is 18.5 Å². The van der Waals surface area contributed by atoms with Crippen molar-refractivity contribution < 1.29 is 13.2 Å². The van der Waals surface area contributed by atoms with Crippen molar-refractivity contribution >= 4 is 33.2 Å². The lowest BCUT2D eigenvalue weighted by Crippen LogP contribution is -2.30. The fourth-order valence-electron chi connectivity index (χ4n) is 3.19. The second-order valence-corrected chi connectivity index (χ2v) is 9.59. The normalized spacial score (nSPS) is 12.2. The summed E-state index contributed by atoms with van der Waals surface area (Å²) in [5.41, 5.74) is 2.08. The molecule has 0 saturated heterocycles. The van der Waals surface area contributed by atoms with E-state index in [0.717, 1.165) is 5.56 Å². The molecule has 3 aromatic carbocycles. The maximum atomic E-state index is 12.7. The minimum absolute atomic E-state index is 0.00644. The zero-order valence-electron chi connectivity index (χ0n) is 17.5. The van der Waals surface area contributed by atoms with Gasteiger partial charge >= 0.3 is 0 Å². The molecule has 6 nitrogen and oxygen atoms in total. The highest BCUT2D eigenvalue weighted by atomic mass is 35.5. The van der Waals surface area contributed by atoms with E-state index in [0.29, 0.717) is 16.3 Å². The van der Waals surface area contributed by atoms with E-state index in [1.165, 1.54) is 24.3 Å². The molecule has 8 heteroatoms. The van der Waals surface area contributed by atoms with Gasteiger partial charge < -0.3 is 5.32 Å². The summed E-state index contributed by atoms with van der Waals surface area (Å²) in [7, 11) is -3.72. The highest BCUT2D eigenvalue weighted by molar-refractivity contribution is 7.89. The lowest BCUT2D eigenvalue weighted by molar-refractivity contribution is 0.102. The van der Waals surface area contributed by atoms with Gasteiger partial charge in [-0.15, -0.1) is 0 Å². The standard InChI is InChI=1S/C24H22ClN3O3S/c1-16(2)28-32(30,31)20-10-6-9-18(13-20)24(29)27-19-11-12-21(23(25)14-19)22(15-26)17-7-4-3-5-8-17/h3-14,16,22,28H,1-2H3,(H,27,29). The quantitative estimate of drug-likeness (QED) is 0.514. The largest absolute Gasteiger partial charge is 0.322 e. The van der Waals surface area contributed by atoms with Gasteiger partial charge in [-0.1, -0.05) is 54.1 Å². The van der Waals surface area contributed by atoms with E-state index in [2.05, 4.69) is 16.1 Å². The maximum Gasteiger partial charge on any atom is 0.255 e. The number of benzene rings is 3. The van der Waals surface area contributed by atoms with Crippen molar-refractivity contribution in [2.75, 3.05) is 5.32 Å². The number of carbonyl (C=O) groups excluding carboxylic acids is 1. The summed E-state index contributed by atoms with van der Waals surface area (Å²) in [6.07, 6.45) is 0. The Labute approximate surface area is 192 Å². The van der Waals surface area contributed by atoms with Crippen molar-refractivity contribution in [1.82, 2.24) is 4.72 Å². The minimum atomic E-state index is -3.72. The van der Waals surface area contributed by atoms with E-state index < -0.39 is 21.8 Å². The summed E-state index contributed by atoms with van der Waals surface area (Å²) in [6, 6.07) is 22.0. The van der Waals surface area contributed by atoms with Crippen LogP contribution in [0.25, 0.3) is 0 Å². The Kier molecular flexibility index (Phi) is 7.31. The van der Waals surface area contributed by atoms with Crippen molar-refractivity contribution in [1.29, 1.82) is 5.26 Å². The summed E-state index contributed by atoms with van der Waals surface area (Å²) in [4.78, 5) is 12.7. The first-order valence-corrected chi connectivity index (χ1v) is 11.7. The van der Waals surface area contributed by atoms with E-state index in [4.69, 9.17) is 11.6 Å². The van der Waals surface area contributed by atoms with Crippen molar-refractivity contribution in [3.05, 3.63) is 94.5 Å². The third kappa shape index (κ3) is 5.54. The molecule has 0 bridgehead atoms. The fourth-order valence-corrected chi connectivity index (χ4v) is 4.78. The summed E-state index contributed by atoms with van der Waals surface area (Å²) >= 11 is 6.43. The molecule has 0 aliphatic heterocycles. The maximum absolute atomic E-state index is 12.7. The van der Waals surface area contributed by atoms with Crippen LogP contribution in [0.3, 0.4) is 0 Å². The average molecular weight is 468 g/mol. The molecule has 164 valence electrons. The fraction of sp³-hybridized carbons (Fsp3) is 0.167. The first-order valence-electron chi connectivity index (χ1n) is 9.89. The Morgan fingerprint density at radius 2 is 1.72 bits per heavy atom. The van der Waals surface area contributed by atoms with Crippen molar-refractivity contribution in [3.8, 4) is 6.07 Å². The van der Waals surface area contributed by atoms with Gasteiger partial charge in [-0.25, -0.2) is 13.1 Å². The van der Waals surface area contributed by atoms with Crippen LogP contribution in [0, 0.1) is 11.3 Å². The molecule has 32 heavy (non-hydrogen) atoms. The van der Waals surface area contributed by atoms with E-state index in [1.807, 2.05) is 30.3 Å². The van der Waals surface area contributed by atoms with Gasteiger partial charge in [0.15, 0.2) is 0 Å². The first kappa shape index (κ1) is 23.5. The van der Waals surface area contributed by atoms with Gasteiger partial charge in [0.05, 0.1) is 16.9 Å². The summed E-state index contributed by atoms with van der Waals surface area (Å²) in [6.45, 7) is 3.44. The molecule has 0 heterocycles. The number of nitrogens with zero attached hydrogens (tertiary/aromatic N) is 1. The Bertz CT molecular complexity index is 1270. The molecule has 2 N–H and O–H groups in total. The average Bonchev–Trinajstić information content (AvgIpc) is 2.75. The van der Waals surface area contributed by atoms with Crippen LogP contribution in [0.1, 0.15) is 41.3 Å². The van der Waals surface area contributed by atoms with Gasteiger partial charge in [0.1, 0.15) is 0 Å². The van der Waals surface area contributed by atoms with Crippen LogP contribution >= 0.6 is 11.6 Å². The van der Waals surface area contributed by atoms with Gasteiger partial charge in [0.2, 0.25) is 10.0 Å². The van der Waals surface area contributed by atoms with Crippen LogP contribution in [-0.4, -0.2) is 20.4 Å². The number of rotatable bonds is 7. The third-order valence-corrected chi connectivity index (χ3v) is 6.61. The third-order valence-electron chi connectivity index (χ3n) is 4.63. The van der Waals surface area contributed by atoms with Crippen LogP contribution in [0.2, 0.25) is 5.02 Å². The smallest absolute Gasteiger partial charge is 0.255 e. The van der Waals surface area contributed by atoms with E-state index in [-0.39, 0.29) is 16.5 Å². The van der Waals surface area contributed by atoms with Crippen molar-refractivity contribution in [2.45, 2.75) is 30.7 Å². The SMILES string of the molecule is CC(C)NS(=O)(=O)c1cccc(C(=O)Nc2ccc(C(C#N)c3ccccc3)c(Cl)c2)c1. The van der Waals surface area contributed by atoms with Crippen molar-refractivity contribution in [3.63, 3.8) is 0 Å². The number of amides is 1. The Balaban J connectivity index is 1.82. The predicted octanol–water partition coefficient (Wildman–Crippen LogP) is 4.93. The lowest BCUT2D eigenvalue weighted by Gasteiger charge is -2.14. The molecule has 0 aliphatic rings. The highest BCUT2D eigenvalue weighted by Crippen LogP contribution is 2.32. The molecule has 0 radical (unpaired) electrons. The van der Waals surface area contributed by atoms with Gasteiger partial charge in [0, 0.05) is 22.3 Å². The molecule has 0 aromatic heterocycles. The summed E-state index contributed by atoms with van der Waals surface area (Å²) in [5, 5.41) is 12.7. The molecule has 1 atom stereocenters. The Morgan fingerprint density at radius 1 is 1.00 bits per heavy atom. The zero-order valence-corrected chi connectivity index (χ0v) is 19.1. The van der Waals surface area contributed by atoms with Crippen LogP contribution in [0.5, 0.6) is 0 Å². The number of carbonyl (C=O) groups is 1. The first-order chi connectivity index (χ1) is 15.2. The van der Waals surface area contributed by atoms with E-state index in [1.54, 1.807) is 32.0 Å². The van der Waals surface area contributed by atoms with Crippen LogP contribution < -0.4 is 10.0 Å². The number of nitrogens with one attached hydrogen (secondary N) is 2. The Morgan fingerprint density at radius 3 is 2.34 bits per heavy atom. The molecular weight excluding hydrogens is 446 g/mol. The topological polar surface area (TPSA) is 99.1 Å². The van der Waals surface area contributed by atoms with Crippen LogP contribution in [0.4, 0.5) is 5.69 Å². The molecule has 3 rings (SSSR count). The molecule has 0 aliphatic carbocycles.